The van der Waals surface area contributed by atoms with Crippen LogP contribution in [0.1, 0.15) is 16.7 Å². The van der Waals surface area contributed by atoms with Crippen LogP contribution in [0.15, 0.2) is 55.1 Å². The number of hydrogen-bond donors (Lipinski definition) is 1. The van der Waals surface area contributed by atoms with E-state index in [1.54, 1.807) is 6.08 Å². The third-order valence-corrected chi connectivity index (χ3v) is 3.23. The van der Waals surface area contributed by atoms with Crippen LogP contribution >= 0.6 is 0 Å². The Bertz CT molecular complexity index is 605. The zero-order valence-electron chi connectivity index (χ0n) is 12.2. The number of ether oxygens (including phenoxy) is 2. The van der Waals surface area contributed by atoms with Gasteiger partial charge in [0, 0.05) is 6.07 Å². The molecule has 21 heavy (non-hydrogen) atoms. The Balaban J connectivity index is 2.06. The van der Waals surface area contributed by atoms with Crippen molar-refractivity contribution >= 4 is 0 Å². The van der Waals surface area contributed by atoms with Gasteiger partial charge in [-0.3, -0.25) is 0 Å². The van der Waals surface area contributed by atoms with Crippen LogP contribution in [0.4, 0.5) is 0 Å². The molecule has 0 aromatic heterocycles. The second-order valence-corrected chi connectivity index (χ2v) is 4.73. The lowest BCUT2D eigenvalue weighted by Crippen LogP contribution is -2.02. The molecule has 0 saturated carbocycles. The van der Waals surface area contributed by atoms with Gasteiger partial charge < -0.3 is 14.6 Å². The van der Waals surface area contributed by atoms with Crippen molar-refractivity contribution in [3.05, 3.63) is 71.8 Å². The van der Waals surface area contributed by atoms with Crippen molar-refractivity contribution in [3.8, 4) is 11.5 Å². The first-order chi connectivity index (χ1) is 10.2. The van der Waals surface area contributed by atoms with Gasteiger partial charge in [0.1, 0.15) is 24.7 Å². The molecule has 110 valence electrons. The molecule has 0 bridgehead atoms. The Morgan fingerprint density at radius 1 is 1.10 bits per heavy atom. The molecule has 2 rings (SSSR count). The average molecular weight is 284 g/mol. The molecule has 0 radical (unpaired) electrons. The van der Waals surface area contributed by atoms with Crippen molar-refractivity contribution in [3.63, 3.8) is 0 Å². The minimum Gasteiger partial charge on any atom is -0.489 e. The maximum absolute atomic E-state index is 9.45. The highest BCUT2D eigenvalue weighted by atomic mass is 16.5. The second-order valence-electron chi connectivity index (χ2n) is 4.73. The molecule has 2 aromatic rings. The van der Waals surface area contributed by atoms with Gasteiger partial charge in [-0.05, 0) is 35.7 Å². The summed E-state index contributed by atoms with van der Waals surface area (Å²) >= 11 is 0. The molecular weight excluding hydrogens is 264 g/mol. The quantitative estimate of drug-likeness (QED) is 0.789. The summed E-state index contributed by atoms with van der Waals surface area (Å²) in [7, 11) is 0. The van der Waals surface area contributed by atoms with Crippen LogP contribution in [0.5, 0.6) is 11.5 Å². The van der Waals surface area contributed by atoms with Gasteiger partial charge in [-0.15, -0.1) is 0 Å². The van der Waals surface area contributed by atoms with Crippen LogP contribution in [-0.4, -0.2) is 11.7 Å². The summed E-state index contributed by atoms with van der Waals surface area (Å²) in [5, 5.41) is 9.45. The van der Waals surface area contributed by atoms with E-state index in [0.717, 1.165) is 28.2 Å². The summed E-state index contributed by atoms with van der Waals surface area (Å²) in [5.41, 5.74) is 2.99. The van der Waals surface area contributed by atoms with Crippen molar-refractivity contribution in [1.82, 2.24) is 0 Å². The van der Waals surface area contributed by atoms with Crippen molar-refractivity contribution in [1.29, 1.82) is 0 Å². The van der Waals surface area contributed by atoms with Crippen LogP contribution < -0.4 is 9.47 Å². The maximum atomic E-state index is 9.45. The summed E-state index contributed by atoms with van der Waals surface area (Å²) < 4.78 is 11.3. The molecule has 0 spiro atoms. The zero-order chi connectivity index (χ0) is 15.1. The lowest BCUT2D eigenvalue weighted by Gasteiger charge is -2.12. The van der Waals surface area contributed by atoms with E-state index in [4.69, 9.17) is 9.47 Å². The first-order valence-electron chi connectivity index (χ1n) is 6.89. The van der Waals surface area contributed by atoms with Crippen LogP contribution in [-0.2, 0) is 13.2 Å². The smallest absolute Gasteiger partial charge is 0.123 e. The van der Waals surface area contributed by atoms with Crippen molar-refractivity contribution in [2.24, 2.45) is 0 Å². The summed E-state index contributed by atoms with van der Waals surface area (Å²) in [4.78, 5) is 0. The van der Waals surface area contributed by atoms with E-state index in [9.17, 15) is 5.11 Å². The molecule has 0 amide bonds. The Morgan fingerprint density at radius 2 is 1.81 bits per heavy atom. The van der Waals surface area contributed by atoms with Gasteiger partial charge in [0.05, 0.1) is 6.61 Å². The number of aliphatic hydroxyl groups excluding tert-OH is 1. The fourth-order valence-corrected chi connectivity index (χ4v) is 2.09. The molecule has 3 nitrogen and oxygen atoms in total. The van der Waals surface area contributed by atoms with Crippen LogP contribution in [0.25, 0.3) is 0 Å². The van der Waals surface area contributed by atoms with Gasteiger partial charge in [0.15, 0.2) is 0 Å². The molecule has 0 fully saturated rings. The molecule has 0 atom stereocenters. The van der Waals surface area contributed by atoms with Gasteiger partial charge >= 0.3 is 0 Å². The van der Waals surface area contributed by atoms with E-state index in [2.05, 4.69) is 6.58 Å². The molecule has 3 heteroatoms. The normalized spacial score (nSPS) is 10.2. The summed E-state index contributed by atoms with van der Waals surface area (Å²) in [6, 6.07) is 13.4. The third-order valence-electron chi connectivity index (χ3n) is 3.23. The SMILES string of the molecule is C=CCOc1cccc(OCc2cccc(C)c2CO)c1. The number of aliphatic hydroxyl groups is 1. The standard InChI is InChI=1S/C18H20O3/c1-3-10-20-16-8-5-9-17(11-16)21-13-15-7-4-6-14(2)18(15)12-19/h3-9,11,19H,1,10,12-13H2,2H3. The van der Waals surface area contributed by atoms with Crippen molar-refractivity contribution in [2.75, 3.05) is 6.61 Å². The number of aryl methyl sites for hydroxylation is 1. The predicted molar refractivity (Wildman–Crippen MR) is 83.6 cm³/mol. The predicted octanol–water partition coefficient (Wildman–Crippen LogP) is 3.63. The Hall–Kier alpha value is -2.26. The van der Waals surface area contributed by atoms with Gasteiger partial charge in [-0.25, -0.2) is 0 Å². The molecule has 1 N–H and O–H groups in total. The average Bonchev–Trinajstić information content (AvgIpc) is 2.51. The fourth-order valence-electron chi connectivity index (χ4n) is 2.09. The van der Waals surface area contributed by atoms with E-state index in [1.165, 1.54) is 0 Å². The minimum absolute atomic E-state index is 0.0217. The van der Waals surface area contributed by atoms with E-state index in [1.807, 2.05) is 49.4 Å². The largest absolute Gasteiger partial charge is 0.489 e. The minimum atomic E-state index is 0.0217. The molecule has 0 aliphatic rings. The molecule has 0 aliphatic heterocycles. The lowest BCUT2D eigenvalue weighted by molar-refractivity contribution is 0.268. The van der Waals surface area contributed by atoms with Crippen molar-refractivity contribution in [2.45, 2.75) is 20.1 Å². The van der Waals surface area contributed by atoms with E-state index >= 15 is 0 Å². The zero-order valence-corrected chi connectivity index (χ0v) is 12.2. The lowest BCUT2D eigenvalue weighted by atomic mass is 10.0. The van der Waals surface area contributed by atoms with Crippen LogP contribution in [0.3, 0.4) is 0 Å². The number of benzene rings is 2. The third kappa shape index (κ3) is 4.10. The van der Waals surface area contributed by atoms with E-state index < -0.39 is 0 Å². The molecule has 2 aromatic carbocycles. The first-order valence-corrected chi connectivity index (χ1v) is 6.89. The highest BCUT2D eigenvalue weighted by Crippen LogP contribution is 2.22. The topological polar surface area (TPSA) is 38.7 Å². The fraction of sp³-hybridized carbons (Fsp3) is 0.222. The maximum Gasteiger partial charge on any atom is 0.123 e. The summed E-state index contributed by atoms with van der Waals surface area (Å²) in [5.74, 6) is 1.49. The molecule has 0 unspecified atom stereocenters. The molecule has 0 aliphatic carbocycles. The number of hydrogen-bond acceptors (Lipinski definition) is 3. The molecule has 0 saturated heterocycles. The summed E-state index contributed by atoms with van der Waals surface area (Å²) in [6.45, 7) is 6.52. The second kappa shape index (κ2) is 7.50. The number of rotatable bonds is 7. The van der Waals surface area contributed by atoms with Gasteiger partial charge in [0.2, 0.25) is 0 Å². The monoisotopic (exact) mass is 284 g/mol. The van der Waals surface area contributed by atoms with Gasteiger partial charge in [0.25, 0.3) is 0 Å². The molecular formula is C18H20O3. The van der Waals surface area contributed by atoms with E-state index in [0.29, 0.717) is 13.2 Å². The van der Waals surface area contributed by atoms with E-state index in [-0.39, 0.29) is 6.61 Å². The Kier molecular flexibility index (Phi) is 5.41. The Labute approximate surface area is 125 Å². The highest BCUT2D eigenvalue weighted by molar-refractivity contribution is 5.36. The highest BCUT2D eigenvalue weighted by Gasteiger charge is 2.05. The first kappa shape index (κ1) is 15.1. The van der Waals surface area contributed by atoms with Crippen LogP contribution in [0, 0.1) is 6.92 Å². The van der Waals surface area contributed by atoms with Crippen LogP contribution in [0.2, 0.25) is 0 Å². The Morgan fingerprint density at radius 3 is 2.52 bits per heavy atom. The summed E-state index contributed by atoms with van der Waals surface area (Å²) in [6.07, 6.45) is 1.70. The van der Waals surface area contributed by atoms with Gasteiger partial charge in [-0.2, -0.15) is 0 Å². The molecule has 0 heterocycles. The van der Waals surface area contributed by atoms with Gasteiger partial charge in [-0.1, -0.05) is 36.9 Å². The van der Waals surface area contributed by atoms with Crippen molar-refractivity contribution < 1.29 is 14.6 Å².